The van der Waals surface area contributed by atoms with E-state index in [4.69, 9.17) is 0 Å². The van der Waals surface area contributed by atoms with Crippen molar-refractivity contribution in [1.82, 2.24) is 9.97 Å². The van der Waals surface area contributed by atoms with Crippen LogP contribution in [0.5, 0.6) is 0 Å². The molecule has 1 aromatic rings. The van der Waals surface area contributed by atoms with Crippen LogP contribution in [-0.2, 0) is 0 Å². The molecule has 0 radical (unpaired) electrons. The highest BCUT2D eigenvalue weighted by Gasteiger charge is 2.25. The number of rotatable bonds is 8. The smallest absolute Gasteiger partial charge is 0.191 e. The van der Waals surface area contributed by atoms with Gasteiger partial charge in [-0.25, -0.2) is 9.97 Å². The van der Waals surface area contributed by atoms with E-state index in [1.54, 1.807) is 0 Å². The molecular weight excluding hydrogens is 260 g/mol. The first-order chi connectivity index (χ1) is 9.12. The van der Waals surface area contributed by atoms with Crippen molar-refractivity contribution in [2.75, 3.05) is 37.1 Å². The minimum Gasteiger partial charge on any atom is -0.396 e. The highest BCUT2D eigenvalue weighted by atomic mass is 32.2. The van der Waals surface area contributed by atoms with E-state index < -0.39 is 0 Å². The second-order valence-corrected chi connectivity index (χ2v) is 5.37. The first-order valence-electron chi connectivity index (χ1n) is 6.58. The molecule has 19 heavy (non-hydrogen) atoms. The van der Waals surface area contributed by atoms with Crippen LogP contribution in [0.15, 0.2) is 11.2 Å². The number of aliphatic hydroxyl groups excluding tert-OH is 1. The van der Waals surface area contributed by atoms with Crippen LogP contribution in [-0.4, -0.2) is 41.5 Å². The maximum Gasteiger partial charge on any atom is 0.191 e. The van der Waals surface area contributed by atoms with Gasteiger partial charge in [0.2, 0.25) is 0 Å². The molecule has 0 spiro atoms. The number of nitrogens with one attached hydrogen (secondary N) is 2. The van der Waals surface area contributed by atoms with Crippen LogP contribution in [0.4, 0.5) is 11.6 Å². The van der Waals surface area contributed by atoms with Gasteiger partial charge in [-0.2, -0.15) is 0 Å². The Bertz CT molecular complexity index is 366. The molecule has 0 aliphatic rings. The highest BCUT2D eigenvalue weighted by Crippen LogP contribution is 2.26. The number of hydrogen-bond acceptors (Lipinski definition) is 6. The molecule has 0 saturated heterocycles. The Hall–Kier alpha value is -1.01. The topological polar surface area (TPSA) is 70.1 Å². The summed E-state index contributed by atoms with van der Waals surface area (Å²) in [5.74, 6) is 1.59. The van der Waals surface area contributed by atoms with Crippen molar-refractivity contribution in [3.05, 3.63) is 6.07 Å². The molecule has 0 aliphatic carbocycles. The molecule has 0 saturated carbocycles. The maximum absolute atomic E-state index is 9.57. The summed E-state index contributed by atoms with van der Waals surface area (Å²) in [5, 5.41) is 16.7. The third kappa shape index (κ3) is 4.24. The zero-order valence-corrected chi connectivity index (χ0v) is 13.0. The second-order valence-electron chi connectivity index (χ2n) is 4.59. The summed E-state index contributed by atoms with van der Waals surface area (Å²) >= 11 is 1.51. The molecule has 0 unspecified atom stereocenters. The molecule has 6 heteroatoms. The predicted octanol–water partition coefficient (Wildman–Crippen LogP) is 2.45. The summed E-state index contributed by atoms with van der Waals surface area (Å²) < 4.78 is 0. The van der Waals surface area contributed by atoms with Crippen LogP contribution in [0, 0.1) is 5.41 Å². The molecular formula is C13H24N4OS. The standard InChI is InChI=1S/C13H24N4OS/c1-5-13(6-2,9-18)8-15-11-7-10(14-3)16-12(17-11)19-4/h7,18H,5-6,8-9H2,1-4H3,(H2,14,15,16,17). The van der Waals surface area contributed by atoms with Gasteiger partial charge in [0.1, 0.15) is 11.6 Å². The Labute approximate surface area is 119 Å². The molecule has 1 rings (SSSR count). The van der Waals surface area contributed by atoms with Gasteiger partial charge in [-0.05, 0) is 19.1 Å². The molecule has 0 fully saturated rings. The summed E-state index contributed by atoms with van der Waals surface area (Å²) in [6.07, 6.45) is 3.83. The largest absolute Gasteiger partial charge is 0.396 e. The molecule has 0 aliphatic heterocycles. The van der Waals surface area contributed by atoms with Crippen molar-refractivity contribution < 1.29 is 5.11 Å². The zero-order valence-electron chi connectivity index (χ0n) is 12.2. The Morgan fingerprint density at radius 2 is 1.89 bits per heavy atom. The first kappa shape index (κ1) is 16.0. The fraction of sp³-hybridized carbons (Fsp3) is 0.692. The van der Waals surface area contributed by atoms with Gasteiger partial charge in [-0.15, -0.1) is 0 Å². The van der Waals surface area contributed by atoms with Crippen molar-refractivity contribution in [1.29, 1.82) is 0 Å². The van der Waals surface area contributed by atoms with E-state index in [2.05, 4.69) is 34.4 Å². The quantitative estimate of drug-likeness (QED) is 0.503. The Kier molecular flexibility index (Phi) is 6.37. The van der Waals surface area contributed by atoms with Crippen molar-refractivity contribution in [3.63, 3.8) is 0 Å². The van der Waals surface area contributed by atoms with Crippen LogP contribution >= 0.6 is 11.8 Å². The normalized spacial score (nSPS) is 11.4. The van der Waals surface area contributed by atoms with Gasteiger partial charge < -0.3 is 15.7 Å². The molecule has 0 bridgehead atoms. The van der Waals surface area contributed by atoms with Gasteiger partial charge in [0.25, 0.3) is 0 Å². The predicted molar refractivity (Wildman–Crippen MR) is 82.0 cm³/mol. The number of anilines is 2. The minimum absolute atomic E-state index is 0.0791. The second kappa shape index (κ2) is 7.55. The van der Waals surface area contributed by atoms with Crippen LogP contribution < -0.4 is 10.6 Å². The van der Waals surface area contributed by atoms with Gasteiger partial charge in [0.15, 0.2) is 5.16 Å². The Morgan fingerprint density at radius 1 is 1.26 bits per heavy atom. The fourth-order valence-electron chi connectivity index (χ4n) is 1.79. The number of aliphatic hydroxyl groups is 1. The fourth-order valence-corrected chi connectivity index (χ4v) is 2.17. The van der Waals surface area contributed by atoms with Gasteiger partial charge >= 0.3 is 0 Å². The van der Waals surface area contributed by atoms with E-state index in [1.165, 1.54) is 11.8 Å². The molecule has 3 N–H and O–H groups in total. The molecule has 5 nitrogen and oxygen atoms in total. The van der Waals surface area contributed by atoms with Crippen molar-refractivity contribution in [2.45, 2.75) is 31.8 Å². The van der Waals surface area contributed by atoms with Gasteiger partial charge in [0.05, 0.1) is 6.61 Å². The molecule has 0 amide bonds. The molecule has 0 atom stereocenters. The Morgan fingerprint density at radius 3 is 2.37 bits per heavy atom. The van der Waals surface area contributed by atoms with Crippen LogP contribution in [0.2, 0.25) is 0 Å². The van der Waals surface area contributed by atoms with Crippen molar-refractivity contribution in [2.24, 2.45) is 5.41 Å². The third-order valence-corrected chi connectivity index (χ3v) is 4.17. The molecule has 108 valence electrons. The lowest BCUT2D eigenvalue weighted by Crippen LogP contribution is -2.32. The molecule has 0 aromatic carbocycles. The average molecular weight is 284 g/mol. The average Bonchev–Trinajstić information content (AvgIpc) is 2.48. The van der Waals surface area contributed by atoms with E-state index in [1.807, 2.05) is 19.4 Å². The molecule has 1 aromatic heterocycles. The number of thioether (sulfide) groups is 1. The number of hydrogen-bond donors (Lipinski definition) is 3. The lowest BCUT2D eigenvalue weighted by atomic mass is 9.83. The van der Waals surface area contributed by atoms with E-state index in [9.17, 15) is 5.11 Å². The van der Waals surface area contributed by atoms with Crippen LogP contribution in [0.25, 0.3) is 0 Å². The van der Waals surface area contributed by atoms with Crippen LogP contribution in [0.3, 0.4) is 0 Å². The maximum atomic E-state index is 9.57. The van der Waals surface area contributed by atoms with Gasteiger partial charge in [0, 0.05) is 25.1 Å². The first-order valence-corrected chi connectivity index (χ1v) is 7.81. The summed E-state index contributed by atoms with van der Waals surface area (Å²) in [6, 6.07) is 1.88. The van der Waals surface area contributed by atoms with E-state index in [0.717, 1.165) is 29.6 Å². The lowest BCUT2D eigenvalue weighted by Gasteiger charge is -2.29. The number of aromatic nitrogens is 2. The monoisotopic (exact) mass is 284 g/mol. The van der Waals surface area contributed by atoms with E-state index in [0.29, 0.717) is 6.54 Å². The third-order valence-electron chi connectivity index (χ3n) is 3.62. The zero-order chi connectivity index (χ0) is 14.3. The summed E-state index contributed by atoms with van der Waals surface area (Å²) in [6.45, 7) is 5.11. The van der Waals surface area contributed by atoms with Crippen molar-refractivity contribution >= 4 is 23.4 Å². The SMILES string of the molecule is CCC(CC)(CO)CNc1cc(NC)nc(SC)n1. The van der Waals surface area contributed by atoms with Gasteiger partial charge in [-0.3, -0.25) is 0 Å². The van der Waals surface area contributed by atoms with E-state index in [-0.39, 0.29) is 12.0 Å². The summed E-state index contributed by atoms with van der Waals surface area (Å²) in [7, 11) is 1.84. The van der Waals surface area contributed by atoms with Crippen LogP contribution in [0.1, 0.15) is 26.7 Å². The minimum atomic E-state index is -0.0791. The highest BCUT2D eigenvalue weighted by molar-refractivity contribution is 7.98. The van der Waals surface area contributed by atoms with Gasteiger partial charge in [-0.1, -0.05) is 25.6 Å². The summed E-state index contributed by atoms with van der Waals surface area (Å²) in [5.41, 5.74) is -0.0791. The van der Waals surface area contributed by atoms with Crippen molar-refractivity contribution in [3.8, 4) is 0 Å². The van der Waals surface area contributed by atoms with E-state index >= 15 is 0 Å². The lowest BCUT2D eigenvalue weighted by molar-refractivity contribution is 0.127. The number of nitrogens with zero attached hydrogens (tertiary/aromatic N) is 2. The Balaban J connectivity index is 2.81. The molecule has 1 heterocycles. The summed E-state index contributed by atoms with van der Waals surface area (Å²) in [4.78, 5) is 8.75.